The Morgan fingerprint density at radius 2 is 2.10 bits per heavy atom. The normalized spacial score (nSPS) is 27.2. The predicted molar refractivity (Wildman–Crippen MR) is 78.7 cm³/mol. The van der Waals surface area contributed by atoms with Crippen LogP contribution in [0, 0.1) is 0 Å². The van der Waals surface area contributed by atoms with E-state index in [1.54, 1.807) is 16.8 Å². The third-order valence-corrected chi connectivity index (χ3v) is 4.48. The number of hydrogen-bond donors (Lipinski definition) is 1. The fraction of sp³-hybridized carbons (Fsp3) is 0.667. The van der Waals surface area contributed by atoms with Gasteiger partial charge in [0, 0.05) is 43.6 Å². The molecule has 2 atom stereocenters. The molecular weight excluding hydrogens is 254 g/mol. The molecule has 2 unspecified atom stereocenters. The average Bonchev–Trinajstić information content (AvgIpc) is 2.48. The number of aromatic nitrogens is 1. The van der Waals surface area contributed by atoms with Crippen LogP contribution in [-0.2, 0) is 11.3 Å². The minimum atomic E-state index is 0.0210. The third-order valence-electron chi connectivity index (χ3n) is 4.48. The van der Waals surface area contributed by atoms with Crippen LogP contribution in [0.15, 0.2) is 23.1 Å². The summed E-state index contributed by atoms with van der Waals surface area (Å²) in [6.45, 7) is 3.38. The standard InChI is InChI=1S/C15H23N3O2/c16-12-5-6-15(19)18(11-12)8-7-17-9-10-20-14-4-2-1-3-13(14)17/h5-6,11,13-14H,1-4,7-10,16H2. The largest absolute Gasteiger partial charge is 0.398 e. The second-order valence-corrected chi connectivity index (χ2v) is 5.79. The van der Waals surface area contributed by atoms with E-state index in [2.05, 4.69) is 4.90 Å². The number of hydrogen-bond acceptors (Lipinski definition) is 4. The maximum Gasteiger partial charge on any atom is 0.250 e. The van der Waals surface area contributed by atoms with Gasteiger partial charge in [-0.15, -0.1) is 0 Å². The Morgan fingerprint density at radius 1 is 1.25 bits per heavy atom. The van der Waals surface area contributed by atoms with Crippen LogP contribution in [0.4, 0.5) is 5.69 Å². The molecule has 2 N–H and O–H groups in total. The van der Waals surface area contributed by atoms with Gasteiger partial charge in [0.25, 0.3) is 5.56 Å². The summed E-state index contributed by atoms with van der Waals surface area (Å²) in [7, 11) is 0. The van der Waals surface area contributed by atoms with Crippen LogP contribution in [0.25, 0.3) is 0 Å². The number of morpholine rings is 1. The molecule has 0 spiro atoms. The molecule has 20 heavy (non-hydrogen) atoms. The Hall–Kier alpha value is -1.33. The molecular formula is C15H23N3O2. The zero-order chi connectivity index (χ0) is 13.9. The lowest BCUT2D eigenvalue weighted by Gasteiger charge is -2.43. The molecule has 0 bridgehead atoms. The maximum absolute atomic E-state index is 11.8. The van der Waals surface area contributed by atoms with Crippen molar-refractivity contribution < 1.29 is 4.74 Å². The summed E-state index contributed by atoms with van der Waals surface area (Å²) in [6.07, 6.45) is 7.11. The van der Waals surface area contributed by atoms with Gasteiger partial charge in [0.2, 0.25) is 0 Å². The van der Waals surface area contributed by atoms with E-state index in [1.807, 2.05) is 0 Å². The van der Waals surface area contributed by atoms with Crippen molar-refractivity contribution in [1.29, 1.82) is 0 Å². The van der Waals surface area contributed by atoms with Gasteiger partial charge < -0.3 is 15.0 Å². The molecule has 0 aromatic carbocycles. The average molecular weight is 277 g/mol. The van der Waals surface area contributed by atoms with Crippen molar-refractivity contribution in [1.82, 2.24) is 9.47 Å². The summed E-state index contributed by atoms with van der Waals surface area (Å²) in [5, 5.41) is 0. The first-order chi connectivity index (χ1) is 9.74. The molecule has 1 aliphatic carbocycles. The van der Waals surface area contributed by atoms with Gasteiger partial charge in [-0.05, 0) is 18.9 Å². The first kappa shape index (κ1) is 13.6. The van der Waals surface area contributed by atoms with Gasteiger partial charge in [0.1, 0.15) is 0 Å². The van der Waals surface area contributed by atoms with E-state index in [-0.39, 0.29) is 5.56 Å². The van der Waals surface area contributed by atoms with Crippen molar-refractivity contribution in [2.75, 3.05) is 25.4 Å². The van der Waals surface area contributed by atoms with Crippen LogP contribution < -0.4 is 11.3 Å². The molecule has 1 saturated heterocycles. The molecule has 110 valence electrons. The Labute approximate surface area is 119 Å². The van der Waals surface area contributed by atoms with Crippen molar-refractivity contribution >= 4 is 5.69 Å². The summed E-state index contributed by atoms with van der Waals surface area (Å²) in [5.41, 5.74) is 6.41. The molecule has 0 radical (unpaired) electrons. The molecule has 1 aromatic heterocycles. The molecule has 1 saturated carbocycles. The lowest BCUT2D eigenvalue weighted by Crippen LogP contribution is -2.53. The lowest BCUT2D eigenvalue weighted by molar-refractivity contribution is -0.0887. The molecule has 3 rings (SSSR count). The van der Waals surface area contributed by atoms with Crippen LogP contribution in [0.1, 0.15) is 25.7 Å². The van der Waals surface area contributed by atoms with Crippen LogP contribution in [0.3, 0.4) is 0 Å². The quantitative estimate of drug-likeness (QED) is 0.898. The molecule has 5 heteroatoms. The van der Waals surface area contributed by atoms with Crippen LogP contribution in [0.5, 0.6) is 0 Å². The zero-order valence-electron chi connectivity index (χ0n) is 11.8. The number of nitrogens with two attached hydrogens (primary N) is 1. The molecule has 0 amide bonds. The van der Waals surface area contributed by atoms with Gasteiger partial charge >= 0.3 is 0 Å². The van der Waals surface area contributed by atoms with E-state index in [1.165, 1.54) is 31.7 Å². The summed E-state index contributed by atoms with van der Waals surface area (Å²) in [6, 6.07) is 3.73. The van der Waals surface area contributed by atoms with Crippen LogP contribution >= 0.6 is 0 Å². The second-order valence-electron chi connectivity index (χ2n) is 5.79. The topological polar surface area (TPSA) is 60.5 Å². The number of ether oxygens (including phenoxy) is 1. The Bertz CT molecular complexity index is 512. The highest BCUT2D eigenvalue weighted by Crippen LogP contribution is 2.28. The Morgan fingerprint density at radius 3 is 3.00 bits per heavy atom. The van der Waals surface area contributed by atoms with Crippen molar-refractivity contribution in [3.8, 4) is 0 Å². The number of fused-ring (bicyclic) bond motifs is 1. The smallest absolute Gasteiger partial charge is 0.250 e. The molecule has 5 nitrogen and oxygen atoms in total. The monoisotopic (exact) mass is 277 g/mol. The van der Waals surface area contributed by atoms with Gasteiger partial charge in [-0.25, -0.2) is 0 Å². The number of nitrogen functional groups attached to an aromatic ring is 1. The first-order valence-electron chi connectivity index (χ1n) is 7.56. The highest BCUT2D eigenvalue weighted by Gasteiger charge is 2.33. The van der Waals surface area contributed by atoms with Crippen molar-refractivity contribution in [3.63, 3.8) is 0 Å². The van der Waals surface area contributed by atoms with E-state index in [0.29, 0.717) is 24.4 Å². The van der Waals surface area contributed by atoms with Gasteiger partial charge in [0.15, 0.2) is 0 Å². The zero-order valence-corrected chi connectivity index (χ0v) is 11.8. The van der Waals surface area contributed by atoms with Gasteiger partial charge in [-0.3, -0.25) is 9.69 Å². The van der Waals surface area contributed by atoms with E-state index < -0.39 is 0 Å². The Balaban J connectivity index is 1.65. The van der Waals surface area contributed by atoms with Crippen molar-refractivity contribution in [2.45, 2.75) is 44.4 Å². The fourth-order valence-corrected chi connectivity index (χ4v) is 3.41. The lowest BCUT2D eigenvalue weighted by atomic mass is 9.90. The second kappa shape index (κ2) is 5.97. The Kier molecular flexibility index (Phi) is 4.08. The van der Waals surface area contributed by atoms with Crippen LogP contribution in [-0.4, -0.2) is 41.3 Å². The first-order valence-corrected chi connectivity index (χ1v) is 7.56. The molecule has 2 aliphatic rings. The van der Waals surface area contributed by atoms with E-state index in [0.717, 1.165) is 19.7 Å². The van der Waals surface area contributed by atoms with E-state index >= 15 is 0 Å². The highest BCUT2D eigenvalue weighted by atomic mass is 16.5. The van der Waals surface area contributed by atoms with Crippen molar-refractivity contribution in [3.05, 3.63) is 28.7 Å². The number of nitrogens with zero attached hydrogens (tertiary/aromatic N) is 2. The molecule has 2 fully saturated rings. The highest BCUT2D eigenvalue weighted by molar-refractivity contribution is 5.33. The van der Waals surface area contributed by atoms with E-state index in [4.69, 9.17) is 10.5 Å². The van der Waals surface area contributed by atoms with Gasteiger partial charge in [-0.2, -0.15) is 0 Å². The maximum atomic E-state index is 11.8. The van der Waals surface area contributed by atoms with Gasteiger partial charge in [0.05, 0.1) is 12.7 Å². The SMILES string of the molecule is Nc1ccc(=O)n(CCN2CCOC3CCCCC32)c1. The molecule has 1 aliphatic heterocycles. The summed E-state index contributed by atoms with van der Waals surface area (Å²) in [5.74, 6) is 0. The third kappa shape index (κ3) is 2.88. The van der Waals surface area contributed by atoms with Crippen LogP contribution in [0.2, 0.25) is 0 Å². The summed E-state index contributed by atoms with van der Waals surface area (Å²) >= 11 is 0. The number of pyridine rings is 1. The minimum absolute atomic E-state index is 0.0210. The summed E-state index contributed by atoms with van der Waals surface area (Å²) in [4.78, 5) is 14.3. The minimum Gasteiger partial charge on any atom is -0.398 e. The molecule has 1 aromatic rings. The van der Waals surface area contributed by atoms with Gasteiger partial charge in [-0.1, -0.05) is 12.8 Å². The van der Waals surface area contributed by atoms with E-state index in [9.17, 15) is 4.79 Å². The number of rotatable bonds is 3. The predicted octanol–water partition coefficient (Wildman–Crippen LogP) is 1.07. The molecule has 2 heterocycles. The number of anilines is 1. The summed E-state index contributed by atoms with van der Waals surface area (Å²) < 4.78 is 7.59. The van der Waals surface area contributed by atoms with Crippen molar-refractivity contribution in [2.24, 2.45) is 0 Å². The fourth-order valence-electron chi connectivity index (χ4n) is 3.41.